The second-order valence-electron chi connectivity index (χ2n) is 10.2. The second kappa shape index (κ2) is 10.6. The lowest BCUT2D eigenvalue weighted by Crippen LogP contribution is -2.52. The number of fused-ring (bicyclic) bond motifs is 1. The van der Waals surface area contributed by atoms with Crippen LogP contribution in [0.1, 0.15) is 25.0 Å². The molecule has 0 radical (unpaired) electrons. The van der Waals surface area contributed by atoms with E-state index in [-0.39, 0.29) is 24.9 Å². The molecule has 0 spiro atoms. The zero-order valence-corrected chi connectivity index (χ0v) is 21.5. The zero-order valence-electron chi connectivity index (χ0n) is 21.5. The number of ether oxygens (including phenoxy) is 5. The second-order valence-corrected chi connectivity index (χ2v) is 10.2. The lowest BCUT2D eigenvalue weighted by Gasteiger charge is -2.37. The summed E-state index contributed by atoms with van der Waals surface area (Å²) >= 11 is 0. The largest absolute Gasteiger partial charge is 0.573 e. The summed E-state index contributed by atoms with van der Waals surface area (Å²) in [7, 11) is 0. The highest BCUT2D eigenvalue weighted by Crippen LogP contribution is 2.34. The standard InChI is InChI=1S/C27H29F3N2O7/c1-26(2)38-23(25(34)39-26)20(13-17-3-6-19(7-4-17)37-27(28,29)30)24(33)32-11-9-31(10-12-32)15-18-5-8-21-22(14-18)36-16-35-21/h3-8,14,20,23H,9-13,15-16H2,1-2H3/t20-,23+/m1/s1. The third kappa shape index (κ3) is 6.56. The van der Waals surface area contributed by atoms with Gasteiger partial charge in [0.25, 0.3) is 0 Å². The molecule has 1 amide bonds. The molecular weight excluding hydrogens is 521 g/mol. The molecule has 0 unspecified atom stereocenters. The molecule has 3 heterocycles. The molecule has 0 N–H and O–H groups in total. The lowest BCUT2D eigenvalue weighted by atomic mass is 9.92. The Hall–Kier alpha value is -3.51. The quantitative estimate of drug-likeness (QED) is 0.485. The van der Waals surface area contributed by atoms with Crippen LogP contribution in [0.3, 0.4) is 0 Å². The van der Waals surface area contributed by atoms with E-state index in [9.17, 15) is 22.8 Å². The van der Waals surface area contributed by atoms with Gasteiger partial charge in [0.2, 0.25) is 18.5 Å². The van der Waals surface area contributed by atoms with Crippen molar-refractivity contribution in [3.05, 3.63) is 53.6 Å². The molecule has 2 fully saturated rings. The number of halogens is 3. The number of esters is 1. The molecule has 0 aromatic heterocycles. The van der Waals surface area contributed by atoms with Crippen LogP contribution in [-0.4, -0.2) is 72.9 Å². The number of amides is 1. The van der Waals surface area contributed by atoms with Gasteiger partial charge in [-0.25, -0.2) is 4.79 Å². The Morgan fingerprint density at radius 2 is 1.69 bits per heavy atom. The number of cyclic esters (lactones) is 1. The highest BCUT2D eigenvalue weighted by atomic mass is 19.4. The van der Waals surface area contributed by atoms with Crippen LogP contribution in [0, 0.1) is 5.92 Å². The topological polar surface area (TPSA) is 86.8 Å². The van der Waals surface area contributed by atoms with E-state index in [1.54, 1.807) is 18.7 Å². The van der Waals surface area contributed by atoms with Crippen molar-refractivity contribution in [2.24, 2.45) is 5.92 Å². The molecule has 2 aromatic rings. The minimum absolute atomic E-state index is 0.0817. The fourth-order valence-corrected chi connectivity index (χ4v) is 4.99. The van der Waals surface area contributed by atoms with Gasteiger partial charge in [0.05, 0.1) is 5.92 Å². The Bertz CT molecular complexity index is 1210. The van der Waals surface area contributed by atoms with Crippen LogP contribution in [0.25, 0.3) is 0 Å². The minimum atomic E-state index is -4.81. The fraction of sp³-hybridized carbons (Fsp3) is 0.481. The van der Waals surface area contributed by atoms with Gasteiger partial charge >= 0.3 is 12.3 Å². The number of piperazine rings is 1. The molecule has 2 saturated heterocycles. The SMILES string of the molecule is CC1(C)OC(=O)[C@H]([C@@H](Cc2ccc(OC(F)(F)F)cc2)C(=O)N2CCN(Cc3ccc4c(c3)OCO4)CC2)O1. The molecule has 12 heteroatoms. The van der Waals surface area contributed by atoms with E-state index in [1.165, 1.54) is 24.3 Å². The fourth-order valence-electron chi connectivity index (χ4n) is 4.99. The molecule has 3 aliphatic heterocycles. The average Bonchev–Trinajstić information content (AvgIpc) is 3.45. The normalized spacial score (nSPS) is 21.5. The number of rotatable bonds is 7. The summed E-state index contributed by atoms with van der Waals surface area (Å²) in [6.07, 6.45) is -5.86. The number of hydrogen-bond acceptors (Lipinski definition) is 8. The van der Waals surface area contributed by atoms with Crippen molar-refractivity contribution < 1.29 is 46.4 Å². The third-order valence-electron chi connectivity index (χ3n) is 6.81. The zero-order chi connectivity index (χ0) is 27.8. The van der Waals surface area contributed by atoms with Gasteiger partial charge in [0.1, 0.15) is 5.75 Å². The van der Waals surface area contributed by atoms with E-state index >= 15 is 0 Å². The summed E-state index contributed by atoms with van der Waals surface area (Å²) in [5.41, 5.74) is 1.63. The number of nitrogens with zero attached hydrogens (tertiary/aromatic N) is 2. The van der Waals surface area contributed by atoms with E-state index in [1.807, 2.05) is 18.2 Å². The van der Waals surface area contributed by atoms with Gasteiger partial charge in [0, 0.05) is 46.6 Å². The summed E-state index contributed by atoms with van der Waals surface area (Å²) in [5.74, 6) is -1.94. The molecule has 5 rings (SSSR count). The molecule has 2 aromatic carbocycles. The van der Waals surface area contributed by atoms with Crippen LogP contribution in [0.5, 0.6) is 17.2 Å². The van der Waals surface area contributed by atoms with Crippen LogP contribution >= 0.6 is 0 Å². The first-order valence-corrected chi connectivity index (χ1v) is 12.6. The van der Waals surface area contributed by atoms with Crippen LogP contribution in [0.15, 0.2) is 42.5 Å². The Morgan fingerprint density at radius 3 is 2.33 bits per heavy atom. The van der Waals surface area contributed by atoms with Crippen molar-refractivity contribution in [3.8, 4) is 17.2 Å². The predicted octanol–water partition coefficient (Wildman–Crippen LogP) is 3.50. The number of alkyl halides is 3. The van der Waals surface area contributed by atoms with E-state index in [0.29, 0.717) is 44.0 Å². The van der Waals surface area contributed by atoms with E-state index in [0.717, 1.165) is 11.3 Å². The monoisotopic (exact) mass is 550 g/mol. The van der Waals surface area contributed by atoms with Gasteiger partial charge in [-0.05, 0) is 41.8 Å². The van der Waals surface area contributed by atoms with Crippen molar-refractivity contribution in [2.45, 2.75) is 45.1 Å². The number of carbonyl (C=O) groups excluding carboxylic acids is 2. The highest BCUT2D eigenvalue weighted by molar-refractivity contribution is 5.88. The molecule has 39 heavy (non-hydrogen) atoms. The molecule has 0 saturated carbocycles. The maximum Gasteiger partial charge on any atom is 0.573 e. The smallest absolute Gasteiger partial charge is 0.454 e. The van der Waals surface area contributed by atoms with Crippen molar-refractivity contribution in [1.82, 2.24) is 9.80 Å². The molecule has 210 valence electrons. The number of carbonyl (C=O) groups is 2. The van der Waals surface area contributed by atoms with Gasteiger partial charge in [-0.1, -0.05) is 18.2 Å². The third-order valence-corrected chi connectivity index (χ3v) is 6.81. The summed E-state index contributed by atoms with van der Waals surface area (Å²) in [6.45, 7) is 6.21. The minimum Gasteiger partial charge on any atom is -0.454 e. The van der Waals surface area contributed by atoms with Crippen LogP contribution in [0.4, 0.5) is 13.2 Å². The molecule has 0 bridgehead atoms. The maximum atomic E-state index is 13.7. The first-order valence-electron chi connectivity index (χ1n) is 12.6. The Kier molecular flexibility index (Phi) is 7.34. The molecule has 9 nitrogen and oxygen atoms in total. The maximum absolute atomic E-state index is 13.7. The van der Waals surface area contributed by atoms with Gasteiger partial charge < -0.3 is 28.6 Å². The van der Waals surface area contributed by atoms with E-state index in [2.05, 4.69) is 9.64 Å². The first kappa shape index (κ1) is 27.1. The van der Waals surface area contributed by atoms with Crippen LogP contribution < -0.4 is 14.2 Å². The van der Waals surface area contributed by atoms with Gasteiger partial charge in [0.15, 0.2) is 17.6 Å². The van der Waals surface area contributed by atoms with E-state index < -0.39 is 30.1 Å². The molecule has 0 aliphatic carbocycles. The Morgan fingerprint density at radius 1 is 1.03 bits per heavy atom. The Balaban J connectivity index is 1.25. The molecule has 3 aliphatic rings. The van der Waals surface area contributed by atoms with Gasteiger partial charge in [-0.2, -0.15) is 0 Å². The van der Waals surface area contributed by atoms with Crippen LogP contribution in [-0.2, 0) is 32.0 Å². The number of hydrogen-bond donors (Lipinski definition) is 0. The summed E-state index contributed by atoms with van der Waals surface area (Å²) in [6, 6.07) is 11.1. The highest BCUT2D eigenvalue weighted by Gasteiger charge is 2.48. The predicted molar refractivity (Wildman–Crippen MR) is 130 cm³/mol. The van der Waals surface area contributed by atoms with Crippen molar-refractivity contribution >= 4 is 11.9 Å². The van der Waals surface area contributed by atoms with Crippen molar-refractivity contribution in [2.75, 3.05) is 33.0 Å². The molecule has 2 atom stereocenters. The lowest BCUT2D eigenvalue weighted by molar-refractivity contribution is -0.274. The van der Waals surface area contributed by atoms with Crippen molar-refractivity contribution in [1.29, 1.82) is 0 Å². The van der Waals surface area contributed by atoms with Crippen LogP contribution in [0.2, 0.25) is 0 Å². The average molecular weight is 551 g/mol. The first-order chi connectivity index (χ1) is 18.5. The molecular formula is C27H29F3N2O7. The van der Waals surface area contributed by atoms with Crippen molar-refractivity contribution in [3.63, 3.8) is 0 Å². The number of benzene rings is 2. The summed E-state index contributed by atoms with van der Waals surface area (Å²) in [5, 5.41) is 0. The van der Waals surface area contributed by atoms with Gasteiger partial charge in [-0.3, -0.25) is 9.69 Å². The van der Waals surface area contributed by atoms with E-state index in [4.69, 9.17) is 18.9 Å². The summed E-state index contributed by atoms with van der Waals surface area (Å²) < 4.78 is 63.5. The Labute approximate surface area is 223 Å². The summed E-state index contributed by atoms with van der Waals surface area (Å²) in [4.78, 5) is 30.3. The van der Waals surface area contributed by atoms with Gasteiger partial charge in [-0.15, -0.1) is 13.2 Å².